The summed E-state index contributed by atoms with van der Waals surface area (Å²) in [5.74, 6) is -2.41. The predicted octanol–water partition coefficient (Wildman–Crippen LogP) is 2.68. The van der Waals surface area contributed by atoms with Crippen LogP contribution in [0.2, 0.25) is 0 Å². The minimum absolute atomic E-state index is 0.0441. The smallest absolute Gasteiger partial charge is 0.407 e. The number of ether oxygens (including phenoxy) is 1. The van der Waals surface area contributed by atoms with Gasteiger partial charge in [0.2, 0.25) is 0 Å². The second-order valence-electron chi connectivity index (χ2n) is 8.89. The van der Waals surface area contributed by atoms with Gasteiger partial charge in [0.1, 0.15) is 5.60 Å². The summed E-state index contributed by atoms with van der Waals surface area (Å²) in [5, 5.41) is 3.34. The molecule has 154 valence electrons. The largest absolute Gasteiger partial charge is 0.444 e. The Hall–Kier alpha value is -2.90. The van der Waals surface area contributed by atoms with Crippen LogP contribution in [0, 0.1) is 17.8 Å². The Morgan fingerprint density at radius 2 is 1.62 bits per heavy atom. The fourth-order valence-electron chi connectivity index (χ4n) is 4.68. The van der Waals surface area contributed by atoms with E-state index in [1.807, 2.05) is 0 Å². The number of imide groups is 1. The topological polar surface area (TPSA) is 102 Å². The van der Waals surface area contributed by atoms with Crippen LogP contribution in [0.3, 0.4) is 0 Å². The molecule has 1 N–H and O–H groups in total. The van der Waals surface area contributed by atoms with Crippen LogP contribution in [-0.2, 0) is 14.4 Å². The van der Waals surface area contributed by atoms with Crippen molar-refractivity contribution in [2.45, 2.75) is 51.7 Å². The highest BCUT2D eigenvalue weighted by atomic mass is 16.7. The fourth-order valence-corrected chi connectivity index (χ4v) is 4.68. The molecule has 3 aliphatic rings. The Labute approximate surface area is 168 Å². The molecule has 4 atom stereocenters. The maximum Gasteiger partial charge on any atom is 0.407 e. The number of nitrogens with one attached hydrogen (secondary N) is 1. The first kappa shape index (κ1) is 19.4. The molecular formula is C21H24N2O6. The second kappa shape index (κ2) is 6.86. The number of benzene rings is 1. The van der Waals surface area contributed by atoms with Crippen molar-refractivity contribution in [3.8, 4) is 0 Å². The molecule has 29 heavy (non-hydrogen) atoms. The van der Waals surface area contributed by atoms with Gasteiger partial charge in [-0.1, -0.05) is 17.2 Å². The van der Waals surface area contributed by atoms with E-state index in [-0.39, 0.29) is 23.0 Å². The molecule has 0 saturated heterocycles. The summed E-state index contributed by atoms with van der Waals surface area (Å²) < 4.78 is 5.32. The zero-order chi connectivity index (χ0) is 20.9. The van der Waals surface area contributed by atoms with Gasteiger partial charge in [0.25, 0.3) is 11.8 Å². The first-order chi connectivity index (χ1) is 13.7. The van der Waals surface area contributed by atoms with Gasteiger partial charge in [-0.3, -0.25) is 9.59 Å². The Bertz CT molecular complexity index is 854. The molecule has 0 aromatic heterocycles. The van der Waals surface area contributed by atoms with Crippen LogP contribution in [0.4, 0.5) is 4.79 Å². The second-order valence-corrected chi connectivity index (χ2v) is 8.89. The third kappa shape index (κ3) is 3.47. The molecule has 1 aliphatic heterocycles. The monoisotopic (exact) mass is 400 g/mol. The number of hydroxylamine groups is 2. The van der Waals surface area contributed by atoms with Crippen molar-refractivity contribution in [3.05, 3.63) is 35.4 Å². The van der Waals surface area contributed by atoms with Gasteiger partial charge in [0.15, 0.2) is 0 Å². The van der Waals surface area contributed by atoms with Crippen LogP contribution in [0.1, 0.15) is 60.7 Å². The number of hydrogen-bond acceptors (Lipinski definition) is 6. The van der Waals surface area contributed by atoms with Gasteiger partial charge in [-0.05, 0) is 64.0 Å². The standard InChI is InChI=1S/C21H24N2O6/c1-21(2,3)28-20(27)22-16-12-9-8-11(10-12)15(16)19(26)29-23-17(24)13-6-4-5-7-14(13)18(23)25/h4-7,11-12,15-16H,8-10H2,1-3H3,(H,22,27)/t11-,12+,15+,16-/m0/s1. The van der Waals surface area contributed by atoms with Gasteiger partial charge in [-0.25, -0.2) is 9.59 Å². The molecule has 1 aromatic carbocycles. The van der Waals surface area contributed by atoms with E-state index >= 15 is 0 Å². The minimum atomic E-state index is -0.673. The van der Waals surface area contributed by atoms with Gasteiger partial charge in [-0.15, -0.1) is 0 Å². The van der Waals surface area contributed by atoms with Crippen LogP contribution < -0.4 is 5.32 Å². The Morgan fingerprint density at radius 1 is 1.03 bits per heavy atom. The molecule has 0 spiro atoms. The van der Waals surface area contributed by atoms with Crippen LogP contribution >= 0.6 is 0 Å². The number of fused-ring (bicyclic) bond motifs is 3. The molecular weight excluding hydrogens is 376 g/mol. The first-order valence-electron chi connectivity index (χ1n) is 9.85. The number of hydrogen-bond donors (Lipinski definition) is 1. The highest BCUT2D eigenvalue weighted by Gasteiger charge is 2.54. The summed E-state index contributed by atoms with van der Waals surface area (Å²) in [5.41, 5.74) is -0.235. The molecule has 8 nitrogen and oxygen atoms in total. The van der Waals surface area contributed by atoms with Crippen LogP contribution in [0.15, 0.2) is 24.3 Å². The van der Waals surface area contributed by atoms with E-state index in [1.165, 1.54) is 12.1 Å². The molecule has 1 aromatic rings. The van der Waals surface area contributed by atoms with Crippen molar-refractivity contribution in [3.63, 3.8) is 0 Å². The summed E-state index contributed by atoms with van der Waals surface area (Å²) in [6, 6.07) is 5.89. The number of nitrogens with zero attached hydrogens (tertiary/aromatic N) is 1. The molecule has 3 amide bonds. The lowest BCUT2D eigenvalue weighted by Gasteiger charge is -2.31. The third-order valence-electron chi connectivity index (χ3n) is 5.81. The Balaban J connectivity index is 1.48. The Kier molecular flexibility index (Phi) is 4.59. The van der Waals surface area contributed by atoms with Gasteiger partial charge in [0.05, 0.1) is 17.0 Å². The van der Waals surface area contributed by atoms with E-state index in [2.05, 4.69) is 5.32 Å². The number of carbonyl (C=O) groups excluding carboxylic acids is 4. The maximum atomic E-state index is 13.0. The number of rotatable bonds is 3. The highest BCUT2D eigenvalue weighted by molar-refractivity contribution is 6.20. The summed E-state index contributed by atoms with van der Waals surface area (Å²) >= 11 is 0. The average molecular weight is 400 g/mol. The van der Waals surface area contributed by atoms with E-state index in [0.29, 0.717) is 5.06 Å². The van der Waals surface area contributed by atoms with Gasteiger partial charge in [0, 0.05) is 6.04 Å². The highest BCUT2D eigenvalue weighted by Crippen LogP contribution is 2.49. The molecule has 4 rings (SSSR count). The summed E-state index contributed by atoms with van der Waals surface area (Å²) in [6.07, 6.45) is 1.96. The summed E-state index contributed by atoms with van der Waals surface area (Å²) in [7, 11) is 0. The number of amides is 3. The molecule has 1 heterocycles. The van der Waals surface area contributed by atoms with E-state index in [0.717, 1.165) is 19.3 Å². The number of carbonyl (C=O) groups is 4. The lowest BCUT2D eigenvalue weighted by molar-refractivity contribution is -0.176. The van der Waals surface area contributed by atoms with Crippen molar-refractivity contribution in [1.29, 1.82) is 0 Å². The molecule has 8 heteroatoms. The van der Waals surface area contributed by atoms with Gasteiger partial charge >= 0.3 is 12.1 Å². The van der Waals surface area contributed by atoms with Crippen molar-refractivity contribution in [2.75, 3.05) is 0 Å². The van der Waals surface area contributed by atoms with E-state index < -0.39 is 41.4 Å². The zero-order valence-electron chi connectivity index (χ0n) is 16.6. The van der Waals surface area contributed by atoms with Gasteiger partial charge in [-0.2, -0.15) is 0 Å². The lowest BCUT2D eigenvalue weighted by atomic mass is 9.84. The quantitative estimate of drug-likeness (QED) is 0.783. The summed E-state index contributed by atoms with van der Waals surface area (Å²) in [6.45, 7) is 5.30. The molecule has 2 bridgehead atoms. The SMILES string of the molecule is CC(C)(C)OC(=O)N[C@H]1[C@@H]2CC[C@@H](C2)[C@H]1C(=O)ON1C(=O)c2ccccc2C1=O. The third-order valence-corrected chi connectivity index (χ3v) is 5.81. The van der Waals surface area contributed by atoms with Crippen molar-refractivity contribution in [1.82, 2.24) is 10.4 Å². The minimum Gasteiger partial charge on any atom is -0.444 e. The molecule has 2 aliphatic carbocycles. The van der Waals surface area contributed by atoms with Crippen molar-refractivity contribution >= 4 is 23.9 Å². The van der Waals surface area contributed by atoms with Gasteiger partial charge < -0.3 is 14.9 Å². The molecule has 2 fully saturated rings. The molecule has 0 unspecified atom stereocenters. The molecule has 0 radical (unpaired) electrons. The van der Waals surface area contributed by atoms with E-state index in [9.17, 15) is 19.2 Å². The lowest BCUT2D eigenvalue weighted by Crippen LogP contribution is -2.50. The summed E-state index contributed by atoms with van der Waals surface area (Å²) in [4.78, 5) is 55.4. The van der Waals surface area contributed by atoms with Crippen LogP contribution in [0.5, 0.6) is 0 Å². The van der Waals surface area contributed by atoms with E-state index in [4.69, 9.17) is 9.57 Å². The van der Waals surface area contributed by atoms with E-state index in [1.54, 1.807) is 32.9 Å². The predicted molar refractivity (Wildman–Crippen MR) is 101 cm³/mol. The normalized spacial score (nSPS) is 27.8. The Morgan fingerprint density at radius 3 is 2.21 bits per heavy atom. The average Bonchev–Trinajstić information content (AvgIpc) is 3.30. The number of alkyl carbamates (subject to hydrolysis) is 1. The maximum absolute atomic E-state index is 13.0. The van der Waals surface area contributed by atoms with Crippen LogP contribution in [-0.4, -0.2) is 40.6 Å². The first-order valence-corrected chi connectivity index (χ1v) is 9.85. The molecule has 2 saturated carbocycles. The zero-order valence-corrected chi connectivity index (χ0v) is 16.6. The van der Waals surface area contributed by atoms with Crippen molar-refractivity contribution in [2.24, 2.45) is 17.8 Å². The van der Waals surface area contributed by atoms with Crippen LogP contribution in [0.25, 0.3) is 0 Å². The van der Waals surface area contributed by atoms with Crippen molar-refractivity contribution < 1.29 is 28.8 Å². The fraction of sp³-hybridized carbons (Fsp3) is 0.524.